The first kappa shape index (κ1) is 16.7. The van der Waals surface area contributed by atoms with Crippen molar-refractivity contribution in [3.05, 3.63) is 24.3 Å². The monoisotopic (exact) mass is 332 g/mol. The molecule has 0 aromatic heterocycles. The molecule has 1 aromatic carbocycles. The number of amides is 3. The maximum Gasteiger partial charge on any atom is 0.321 e. The minimum Gasteiger partial charge on any atom is -0.378 e. The molecule has 0 bridgehead atoms. The number of rotatable bonds is 2. The fraction of sp³-hybridized carbons (Fsp3) is 0.529. The summed E-state index contributed by atoms with van der Waals surface area (Å²) in [5, 5.41) is 2.93. The third-order valence-corrected chi connectivity index (χ3v) is 4.68. The predicted octanol–water partition coefficient (Wildman–Crippen LogP) is 1.22. The van der Waals surface area contributed by atoms with E-state index in [2.05, 4.69) is 10.2 Å². The van der Waals surface area contributed by atoms with Crippen molar-refractivity contribution >= 4 is 23.3 Å². The summed E-state index contributed by atoms with van der Waals surface area (Å²) in [6, 6.07) is 7.48. The molecule has 2 fully saturated rings. The Morgan fingerprint density at radius 2 is 2.12 bits per heavy atom. The number of urea groups is 1. The number of hydrogen-bond acceptors (Lipinski definition) is 4. The quantitative estimate of drug-likeness (QED) is 0.884. The standard InChI is InChI=1S/C17H24N4O3/c1-13(22)19(2)15-5-3-4-14(10-15)18-17(23)21-7-6-20-8-9-24-12-16(20)11-21/h3-5,10,16H,6-9,11-12H2,1-2H3,(H,18,23). The molecule has 0 radical (unpaired) electrons. The molecule has 1 aromatic rings. The van der Waals surface area contributed by atoms with E-state index >= 15 is 0 Å². The van der Waals surface area contributed by atoms with E-state index in [1.54, 1.807) is 18.0 Å². The molecule has 1 atom stereocenters. The third kappa shape index (κ3) is 3.68. The van der Waals surface area contributed by atoms with Crippen LogP contribution in [0, 0.1) is 0 Å². The molecular weight excluding hydrogens is 308 g/mol. The van der Waals surface area contributed by atoms with Crippen molar-refractivity contribution in [3.63, 3.8) is 0 Å². The molecule has 1 N–H and O–H groups in total. The van der Waals surface area contributed by atoms with Gasteiger partial charge in [0.15, 0.2) is 0 Å². The van der Waals surface area contributed by atoms with Gasteiger partial charge < -0.3 is 19.9 Å². The normalized spacial score (nSPS) is 21.1. The predicted molar refractivity (Wildman–Crippen MR) is 92.3 cm³/mol. The summed E-state index contributed by atoms with van der Waals surface area (Å²) in [7, 11) is 1.71. The molecule has 7 nitrogen and oxygen atoms in total. The zero-order valence-electron chi connectivity index (χ0n) is 14.2. The van der Waals surface area contributed by atoms with E-state index in [-0.39, 0.29) is 18.0 Å². The molecule has 2 aliphatic heterocycles. The number of ether oxygens (including phenoxy) is 1. The molecule has 24 heavy (non-hydrogen) atoms. The van der Waals surface area contributed by atoms with Crippen LogP contribution in [0.2, 0.25) is 0 Å². The summed E-state index contributed by atoms with van der Waals surface area (Å²) in [4.78, 5) is 29.8. The van der Waals surface area contributed by atoms with Crippen molar-refractivity contribution in [1.29, 1.82) is 0 Å². The number of benzene rings is 1. The van der Waals surface area contributed by atoms with E-state index in [4.69, 9.17) is 4.74 Å². The van der Waals surface area contributed by atoms with Gasteiger partial charge in [0.2, 0.25) is 5.91 Å². The van der Waals surface area contributed by atoms with Gasteiger partial charge in [-0.25, -0.2) is 4.79 Å². The van der Waals surface area contributed by atoms with Crippen LogP contribution in [0.1, 0.15) is 6.92 Å². The van der Waals surface area contributed by atoms with Gasteiger partial charge in [0, 0.05) is 51.5 Å². The second-order valence-corrected chi connectivity index (χ2v) is 6.27. The van der Waals surface area contributed by atoms with Crippen molar-refractivity contribution in [2.24, 2.45) is 0 Å². The van der Waals surface area contributed by atoms with Crippen LogP contribution >= 0.6 is 0 Å². The highest BCUT2D eigenvalue weighted by Crippen LogP contribution is 2.20. The first-order valence-electron chi connectivity index (χ1n) is 8.26. The number of carbonyl (C=O) groups excluding carboxylic acids is 2. The van der Waals surface area contributed by atoms with Crippen LogP contribution in [0.15, 0.2) is 24.3 Å². The number of morpholine rings is 1. The molecule has 3 rings (SSSR count). The van der Waals surface area contributed by atoms with Crippen LogP contribution in [-0.4, -0.2) is 74.2 Å². The summed E-state index contributed by atoms with van der Waals surface area (Å²) in [5.74, 6) is -0.0492. The first-order valence-corrected chi connectivity index (χ1v) is 8.26. The SMILES string of the molecule is CC(=O)N(C)c1cccc(NC(=O)N2CCN3CCOCC3C2)c1. The van der Waals surface area contributed by atoms with Crippen LogP contribution in [0.3, 0.4) is 0 Å². The summed E-state index contributed by atoms with van der Waals surface area (Å²) in [6.07, 6.45) is 0. The van der Waals surface area contributed by atoms with Crippen molar-refractivity contribution in [3.8, 4) is 0 Å². The molecule has 0 spiro atoms. The van der Waals surface area contributed by atoms with E-state index in [1.165, 1.54) is 6.92 Å². The maximum absolute atomic E-state index is 12.5. The molecule has 2 heterocycles. The summed E-state index contributed by atoms with van der Waals surface area (Å²) >= 11 is 0. The van der Waals surface area contributed by atoms with Crippen LogP contribution in [0.5, 0.6) is 0 Å². The largest absolute Gasteiger partial charge is 0.378 e. The minimum atomic E-state index is -0.108. The first-order chi connectivity index (χ1) is 11.5. The second-order valence-electron chi connectivity index (χ2n) is 6.27. The summed E-state index contributed by atoms with van der Waals surface area (Å²) in [6.45, 7) is 6.20. The molecule has 7 heteroatoms. The highest BCUT2D eigenvalue weighted by atomic mass is 16.5. The lowest BCUT2D eigenvalue weighted by molar-refractivity contribution is -0.116. The van der Waals surface area contributed by atoms with E-state index < -0.39 is 0 Å². The van der Waals surface area contributed by atoms with Gasteiger partial charge in [0.1, 0.15) is 0 Å². The second kappa shape index (κ2) is 7.19. The van der Waals surface area contributed by atoms with Gasteiger partial charge in [-0.15, -0.1) is 0 Å². The lowest BCUT2D eigenvalue weighted by Gasteiger charge is -2.43. The average molecular weight is 332 g/mol. The number of fused-ring (bicyclic) bond motifs is 1. The Morgan fingerprint density at radius 1 is 1.29 bits per heavy atom. The lowest BCUT2D eigenvalue weighted by atomic mass is 10.1. The number of anilines is 2. The van der Waals surface area contributed by atoms with Gasteiger partial charge in [-0.1, -0.05) is 6.07 Å². The van der Waals surface area contributed by atoms with Gasteiger partial charge in [0.25, 0.3) is 0 Å². The average Bonchev–Trinajstić information content (AvgIpc) is 2.60. The van der Waals surface area contributed by atoms with E-state index in [1.807, 2.05) is 23.1 Å². The van der Waals surface area contributed by atoms with E-state index in [0.717, 1.165) is 31.9 Å². The molecule has 3 amide bonds. The molecule has 0 aliphatic carbocycles. The Balaban J connectivity index is 1.62. The number of nitrogens with one attached hydrogen (secondary N) is 1. The topological polar surface area (TPSA) is 65.1 Å². The minimum absolute atomic E-state index is 0.0492. The Hall–Kier alpha value is -2.12. The van der Waals surface area contributed by atoms with Crippen molar-refractivity contribution < 1.29 is 14.3 Å². The van der Waals surface area contributed by atoms with E-state index in [0.29, 0.717) is 18.8 Å². The fourth-order valence-corrected chi connectivity index (χ4v) is 3.11. The lowest BCUT2D eigenvalue weighted by Crippen LogP contribution is -2.59. The van der Waals surface area contributed by atoms with Crippen molar-refractivity contribution in [1.82, 2.24) is 9.80 Å². The van der Waals surface area contributed by atoms with Crippen molar-refractivity contribution in [2.75, 3.05) is 56.7 Å². The Bertz CT molecular complexity index is 622. The van der Waals surface area contributed by atoms with Crippen LogP contribution < -0.4 is 10.2 Å². The number of carbonyl (C=O) groups is 2. The van der Waals surface area contributed by atoms with Gasteiger partial charge >= 0.3 is 6.03 Å². The van der Waals surface area contributed by atoms with Gasteiger partial charge in [-0.2, -0.15) is 0 Å². The molecule has 130 valence electrons. The van der Waals surface area contributed by atoms with Gasteiger partial charge in [-0.3, -0.25) is 9.69 Å². The Morgan fingerprint density at radius 3 is 2.92 bits per heavy atom. The van der Waals surface area contributed by atoms with Crippen LogP contribution in [-0.2, 0) is 9.53 Å². The number of piperazine rings is 1. The zero-order chi connectivity index (χ0) is 17.1. The fourth-order valence-electron chi connectivity index (χ4n) is 3.11. The van der Waals surface area contributed by atoms with Gasteiger partial charge in [-0.05, 0) is 18.2 Å². The highest BCUT2D eigenvalue weighted by Gasteiger charge is 2.31. The van der Waals surface area contributed by atoms with Crippen molar-refractivity contribution in [2.45, 2.75) is 13.0 Å². The highest BCUT2D eigenvalue weighted by molar-refractivity contribution is 5.93. The van der Waals surface area contributed by atoms with E-state index in [9.17, 15) is 9.59 Å². The van der Waals surface area contributed by atoms with Gasteiger partial charge in [0.05, 0.1) is 19.3 Å². The maximum atomic E-state index is 12.5. The molecule has 0 saturated carbocycles. The summed E-state index contributed by atoms with van der Waals surface area (Å²) < 4.78 is 5.51. The summed E-state index contributed by atoms with van der Waals surface area (Å²) in [5.41, 5.74) is 1.44. The Kier molecular flexibility index (Phi) is 5.01. The molecule has 2 aliphatic rings. The third-order valence-electron chi connectivity index (χ3n) is 4.68. The zero-order valence-corrected chi connectivity index (χ0v) is 14.2. The molecule has 1 unspecified atom stereocenters. The smallest absolute Gasteiger partial charge is 0.321 e. The number of hydrogen-bond donors (Lipinski definition) is 1. The number of nitrogens with zero attached hydrogens (tertiary/aromatic N) is 3. The van der Waals surface area contributed by atoms with Crippen LogP contribution in [0.25, 0.3) is 0 Å². The molecule has 2 saturated heterocycles. The Labute approximate surface area is 142 Å². The van der Waals surface area contributed by atoms with Crippen LogP contribution in [0.4, 0.5) is 16.2 Å². The molecular formula is C17H24N4O3.